The Labute approximate surface area is 144 Å². The van der Waals surface area contributed by atoms with Gasteiger partial charge in [-0.1, -0.05) is 18.2 Å². The third kappa shape index (κ3) is 3.27. The maximum Gasteiger partial charge on any atom is 0.251 e. The highest BCUT2D eigenvalue weighted by Gasteiger charge is 2.34. The van der Waals surface area contributed by atoms with Gasteiger partial charge in [0.25, 0.3) is 5.91 Å². The molecule has 0 saturated carbocycles. The van der Waals surface area contributed by atoms with E-state index < -0.39 is 0 Å². The summed E-state index contributed by atoms with van der Waals surface area (Å²) in [6.45, 7) is 4.10. The fraction of sp³-hybridized carbons (Fsp3) is 0.278. The molecule has 0 saturated heterocycles. The van der Waals surface area contributed by atoms with E-state index in [1.165, 1.54) is 0 Å². The average molecular weight is 407 g/mol. The highest BCUT2D eigenvalue weighted by Crippen LogP contribution is 2.39. The van der Waals surface area contributed by atoms with Crippen LogP contribution in [0.1, 0.15) is 42.2 Å². The summed E-state index contributed by atoms with van der Waals surface area (Å²) in [5, 5.41) is 3.15. The van der Waals surface area contributed by atoms with Crippen LogP contribution in [0.3, 0.4) is 0 Å². The van der Waals surface area contributed by atoms with Crippen molar-refractivity contribution < 1.29 is 9.53 Å². The fourth-order valence-corrected chi connectivity index (χ4v) is 3.13. The van der Waals surface area contributed by atoms with Crippen molar-refractivity contribution >= 4 is 28.5 Å². The molecule has 1 aliphatic rings. The zero-order chi connectivity index (χ0) is 15.7. The van der Waals surface area contributed by atoms with E-state index in [1.54, 1.807) is 0 Å². The molecule has 0 bridgehead atoms. The second-order valence-electron chi connectivity index (χ2n) is 6.14. The van der Waals surface area contributed by atoms with Crippen LogP contribution in [0.15, 0.2) is 48.5 Å². The quantitative estimate of drug-likeness (QED) is 0.753. The van der Waals surface area contributed by atoms with Crippen molar-refractivity contribution in [3.05, 3.63) is 63.2 Å². The number of hydrogen-bond acceptors (Lipinski definition) is 2. The number of benzene rings is 2. The van der Waals surface area contributed by atoms with E-state index in [2.05, 4.69) is 27.9 Å². The van der Waals surface area contributed by atoms with Crippen LogP contribution in [0.25, 0.3) is 0 Å². The lowest BCUT2D eigenvalue weighted by atomic mass is 9.89. The highest BCUT2D eigenvalue weighted by atomic mass is 127. The number of hydrogen-bond donors (Lipinski definition) is 1. The van der Waals surface area contributed by atoms with Crippen LogP contribution in [0, 0.1) is 3.57 Å². The van der Waals surface area contributed by atoms with Crippen molar-refractivity contribution in [3.8, 4) is 5.75 Å². The molecule has 1 N–H and O–H groups in total. The molecule has 1 atom stereocenters. The Morgan fingerprint density at radius 1 is 1.18 bits per heavy atom. The Kier molecular flexibility index (Phi) is 4.12. The molecule has 22 heavy (non-hydrogen) atoms. The smallest absolute Gasteiger partial charge is 0.251 e. The normalized spacial score (nSPS) is 19.0. The minimum absolute atomic E-state index is 0.0354. The van der Waals surface area contributed by atoms with E-state index in [0.29, 0.717) is 5.56 Å². The number of amides is 1. The highest BCUT2D eigenvalue weighted by molar-refractivity contribution is 14.1. The molecule has 3 nitrogen and oxygen atoms in total. The van der Waals surface area contributed by atoms with Gasteiger partial charge in [-0.2, -0.15) is 0 Å². The molecule has 2 aromatic rings. The van der Waals surface area contributed by atoms with Crippen molar-refractivity contribution in [2.24, 2.45) is 0 Å². The molecule has 114 valence electrons. The minimum atomic E-state index is -0.293. The van der Waals surface area contributed by atoms with E-state index in [9.17, 15) is 4.79 Å². The first-order valence-corrected chi connectivity index (χ1v) is 8.37. The molecule has 0 aromatic heterocycles. The van der Waals surface area contributed by atoms with E-state index >= 15 is 0 Å². The molecule has 1 aliphatic heterocycles. The standard InChI is InChI=1S/C18H18INO2/c1-18(2)11-15(14-5-3-4-6-16(14)22-18)20-17(21)12-7-9-13(19)10-8-12/h3-10,15H,11H2,1-2H3,(H,20,21)/t15-/m0/s1. The SMILES string of the molecule is CC1(C)C[C@H](NC(=O)c2ccc(I)cc2)c2ccccc2O1. The third-order valence-corrected chi connectivity index (χ3v) is 4.51. The lowest BCUT2D eigenvalue weighted by molar-refractivity contribution is 0.0620. The monoisotopic (exact) mass is 407 g/mol. The maximum atomic E-state index is 12.5. The predicted molar refractivity (Wildman–Crippen MR) is 95.1 cm³/mol. The number of fused-ring (bicyclic) bond motifs is 1. The maximum absolute atomic E-state index is 12.5. The lowest BCUT2D eigenvalue weighted by Crippen LogP contribution is -2.41. The summed E-state index contributed by atoms with van der Waals surface area (Å²) < 4.78 is 7.12. The second-order valence-corrected chi connectivity index (χ2v) is 7.38. The molecular formula is C18H18INO2. The van der Waals surface area contributed by atoms with Gasteiger partial charge in [-0.3, -0.25) is 4.79 Å². The first-order valence-electron chi connectivity index (χ1n) is 7.29. The number of carbonyl (C=O) groups excluding carboxylic acids is 1. The van der Waals surface area contributed by atoms with Gasteiger partial charge in [0, 0.05) is 21.1 Å². The zero-order valence-corrected chi connectivity index (χ0v) is 14.8. The second kappa shape index (κ2) is 5.91. The predicted octanol–water partition coefficient (Wildman–Crippen LogP) is 4.32. The van der Waals surface area contributed by atoms with Gasteiger partial charge < -0.3 is 10.1 Å². The summed E-state index contributed by atoms with van der Waals surface area (Å²) in [5.41, 5.74) is 1.43. The van der Waals surface area contributed by atoms with Crippen molar-refractivity contribution in [1.82, 2.24) is 5.32 Å². The largest absolute Gasteiger partial charge is 0.487 e. The van der Waals surface area contributed by atoms with Gasteiger partial charge >= 0.3 is 0 Å². The summed E-state index contributed by atoms with van der Waals surface area (Å²) in [4.78, 5) is 12.5. The molecule has 0 radical (unpaired) electrons. The molecule has 0 unspecified atom stereocenters. The Hall–Kier alpha value is -1.56. The summed E-state index contributed by atoms with van der Waals surface area (Å²) in [6.07, 6.45) is 0.750. The lowest BCUT2D eigenvalue weighted by Gasteiger charge is -2.37. The molecule has 1 amide bonds. The van der Waals surface area contributed by atoms with Crippen molar-refractivity contribution in [3.63, 3.8) is 0 Å². The third-order valence-electron chi connectivity index (χ3n) is 3.79. The Balaban J connectivity index is 1.85. The molecule has 0 spiro atoms. The topological polar surface area (TPSA) is 38.3 Å². The molecule has 0 fully saturated rings. The van der Waals surface area contributed by atoms with Gasteiger partial charge in [0.05, 0.1) is 6.04 Å². The van der Waals surface area contributed by atoms with Crippen LogP contribution in [0.4, 0.5) is 0 Å². The number of ether oxygens (including phenoxy) is 1. The average Bonchev–Trinajstić information content (AvgIpc) is 2.46. The summed E-state index contributed by atoms with van der Waals surface area (Å²) in [5.74, 6) is 0.806. The van der Waals surface area contributed by atoms with Crippen LogP contribution in [0.5, 0.6) is 5.75 Å². The fourth-order valence-electron chi connectivity index (χ4n) is 2.77. The van der Waals surface area contributed by atoms with Crippen LogP contribution in [0.2, 0.25) is 0 Å². The molecule has 3 rings (SSSR count). The van der Waals surface area contributed by atoms with E-state index in [1.807, 2.05) is 62.4 Å². The number of para-hydroxylation sites is 1. The molecular weight excluding hydrogens is 389 g/mol. The number of halogens is 1. The summed E-state index contributed by atoms with van der Waals surface area (Å²) in [6, 6.07) is 15.5. The number of rotatable bonds is 2. The molecule has 1 heterocycles. The zero-order valence-electron chi connectivity index (χ0n) is 12.6. The van der Waals surface area contributed by atoms with E-state index in [0.717, 1.165) is 21.3 Å². The Bertz CT molecular complexity index is 694. The van der Waals surface area contributed by atoms with Gasteiger partial charge in [-0.05, 0) is 66.8 Å². The molecule has 2 aromatic carbocycles. The Morgan fingerprint density at radius 3 is 2.59 bits per heavy atom. The summed E-state index contributed by atoms with van der Waals surface area (Å²) in [7, 11) is 0. The van der Waals surface area contributed by atoms with Gasteiger partial charge in [-0.15, -0.1) is 0 Å². The summed E-state index contributed by atoms with van der Waals surface area (Å²) >= 11 is 2.23. The van der Waals surface area contributed by atoms with Crippen LogP contribution in [-0.2, 0) is 0 Å². The van der Waals surface area contributed by atoms with Gasteiger partial charge in [-0.25, -0.2) is 0 Å². The van der Waals surface area contributed by atoms with Crippen LogP contribution < -0.4 is 10.1 Å². The van der Waals surface area contributed by atoms with Crippen LogP contribution in [-0.4, -0.2) is 11.5 Å². The number of carbonyl (C=O) groups is 1. The van der Waals surface area contributed by atoms with Crippen molar-refractivity contribution in [1.29, 1.82) is 0 Å². The van der Waals surface area contributed by atoms with Crippen molar-refractivity contribution in [2.75, 3.05) is 0 Å². The van der Waals surface area contributed by atoms with Crippen LogP contribution >= 0.6 is 22.6 Å². The Morgan fingerprint density at radius 2 is 1.86 bits per heavy atom. The first-order chi connectivity index (χ1) is 10.4. The van der Waals surface area contributed by atoms with Crippen molar-refractivity contribution in [2.45, 2.75) is 31.9 Å². The van der Waals surface area contributed by atoms with E-state index in [-0.39, 0.29) is 17.6 Å². The first kappa shape index (κ1) is 15.3. The van der Waals surface area contributed by atoms with Gasteiger partial charge in [0.2, 0.25) is 0 Å². The van der Waals surface area contributed by atoms with E-state index in [4.69, 9.17) is 4.74 Å². The van der Waals surface area contributed by atoms with Gasteiger partial charge in [0.1, 0.15) is 11.4 Å². The molecule has 0 aliphatic carbocycles. The molecule has 4 heteroatoms. The minimum Gasteiger partial charge on any atom is -0.487 e. The number of nitrogens with one attached hydrogen (secondary N) is 1. The van der Waals surface area contributed by atoms with Gasteiger partial charge in [0.15, 0.2) is 0 Å².